The Morgan fingerprint density at radius 1 is 1.38 bits per heavy atom. The van der Waals surface area contributed by atoms with Gasteiger partial charge in [0.25, 0.3) is 5.91 Å². The van der Waals surface area contributed by atoms with E-state index in [1.807, 2.05) is 6.07 Å². The van der Waals surface area contributed by atoms with Gasteiger partial charge in [0, 0.05) is 12.6 Å². The first-order valence-corrected chi connectivity index (χ1v) is 9.32. The van der Waals surface area contributed by atoms with E-state index in [4.69, 9.17) is 17.3 Å². The van der Waals surface area contributed by atoms with Crippen molar-refractivity contribution in [1.29, 1.82) is 0 Å². The van der Waals surface area contributed by atoms with Gasteiger partial charge in [0.15, 0.2) is 17.1 Å². The van der Waals surface area contributed by atoms with Crippen molar-refractivity contribution in [2.75, 3.05) is 5.73 Å². The van der Waals surface area contributed by atoms with E-state index in [-0.39, 0.29) is 17.3 Å². The van der Waals surface area contributed by atoms with Crippen LogP contribution in [0.2, 0.25) is 5.02 Å². The Kier molecular flexibility index (Phi) is 3.89. The molecule has 4 aromatic rings. The van der Waals surface area contributed by atoms with Crippen molar-refractivity contribution in [1.82, 2.24) is 34.9 Å². The van der Waals surface area contributed by atoms with Crippen LogP contribution >= 0.6 is 11.6 Å². The van der Waals surface area contributed by atoms with Crippen LogP contribution in [0.15, 0.2) is 30.7 Å². The highest BCUT2D eigenvalue weighted by Gasteiger charge is 2.43. The average Bonchev–Trinajstić information content (AvgIpc) is 3.15. The lowest BCUT2D eigenvalue weighted by Gasteiger charge is -2.12. The SMILES string of the molecule is Nc1c(Cl)cnn2c(C#CCC3(NC(=O)c4nc5ncccc5[nH]4)CC3)cnc12. The maximum Gasteiger partial charge on any atom is 0.287 e. The normalized spacial score (nSPS) is 14.5. The van der Waals surface area contributed by atoms with E-state index in [1.54, 1.807) is 23.0 Å². The molecular formula is C19H15ClN8O. The number of amides is 1. The summed E-state index contributed by atoms with van der Waals surface area (Å²) in [6, 6.07) is 3.62. The molecule has 0 atom stereocenters. The Hall–Kier alpha value is -3.64. The van der Waals surface area contributed by atoms with Crippen LogP contribution < -0.4 is 11.1 Å². The molecule has 4 aromatic heterocycles. The monoisotopic (exact) mass is 406 g/mol. The highest BCUT2D eigenvalue weighted by Crippen LogP contribution is 2.38. The maximum atomic E-state index is 12.6. The Bertz CT molecular complexity index is 1290. The van der Waals surface area contributed by atoms with Crippen molar-refractivity contribution >= 4 is 40.0 Å². The summed E-state index contributed by atoms with van der Waals surface area (Å²) in [7, 11) is 0. The van der Waals surface area contributed by atoms with Gasteiger partial charge in [0.05, 0.1) is 34.2 Å². The second kappa shape index (κ2) is 6.46. The molecule has 4 N–H and O–H groups in total. The molecule has 1 amide bonds. The van der Waals surface area contributed by atoms with E-state index in [9.17, 15) is 4.79 Å². The van der Waals surface area contributed by atoms with Crippen LogP contribution in [0.25, 0.3) is 16.8 Å². The number of fused-ring (bicyclic) bond motifs is 2. The van der Waals surface area contributed by atoms with Gasteiger partial charge in [-0.25, -0.2) is 19.5 Å². The van der Waals surface area contributed by atoms with Gasteiger partial charge >= 0.3 is 0 Å². The summed E-state index contributed by atoms with van der Waals surface area (Å²) in [5, 5.41) is 7.58. The Morgan fingerprint density at radius 3 is 3.03 bits per heavy atom. The van der Waals surface area contributed by atoms with E-state index < -0.39 is 0 Å². The number of carbonyl (C=O) groups excluding carboxylic acids is 1. The van der Waals surface area contributed by atoms with Crippen molar-refractivity contribution in [3.8, 4) is 11.8 Å². The van der Waals surface area contributed by atoms with Crippen molar-refractivity contribution in [3.63, 3.8) is 0 Å². The van der Waals surface area contributed by atoms with E-state index >= 15 is 0 Å². The minimum Gasteiger partial charge on any atom is -0.394 e. The van der Waals surface area contributed by atoms with E-state index in [2.05, 4.69) is 42.2 Å². The molecule has 29 heavy (non-hydrogen) atoms. The molecule has 0 saturated heterocycles. The summed E-state index contributed by atoms with van der Waals surface area (Å²) >= 11 is 5.97. The van der Waals surface area contributed by atoms with Crippen LogP contribution in [0.1, 0.15) is 35.6 Å². The molecule has 0 aliphatic heterocycles. The number of nitrogens with zero attached hydrogens (tertiary/aromatic N) is 5. The Morgan fingerprint density at radius 2 is 2.24 bits per heavy atom. The summed E-state index contributed by atoms with van der Waals surface area (Å²) in [6.07, 6.45) is 6.93. The third-order valence-electron chi connectivity index (χ3n) is 4.87. The lowest BCUT2D eigenvalue weighted by atomic mass is 10.2. The molecule has 1 fully saturated rings. The summed E-state index contributed by atoms with van der Waals surface area (Å²) in [6.45, 7) is 0. The number of halogens is 1. The number of carbonyl (C=O) groups is 1. The highest BCUT2D eigenvalue weighted by atomic mass is 35.5. The number of pyridine rings is 1. The van der Waals surface area contributed by atoms with Crippen molar-refractivity contribution in [2.45, 2.75) is 24.8 Å². The number of anilines is 1. The van der Waals surface area contributed by atoms with Gasteiger partial charge in [-0.2, -0.15) is 5.10 Å². The standard InChI is InChI=1S/C19H15ClN8O/c20-12-10-24-28-11(9-23-17(28)14(12)21)3-1-5-19(6-7-19)27-18(29)16-25-13-4-2-8-22-15(13)26-16/h2,4,8-10H,5-7,21H2,(H,27,29)(H,22,25,26). The minimum absolute atomic E-state index is 0.247. The second-order valence-corrected chi connectivity index (χ2v) is 7.37. The zero-order valence-electron chi connectivity index (χ0n) is 15.1. The first-order chi connectivity index (χ1) is 14.0. The van der Waals surface area contributed by atoms with Crippen LogP contribution in [0.3, 0.4) is 0 Å². The fourth-order valence-electron chi connectivity index (χ4n) is 3.07. The van der Waals surface area contributed by atoms with E-state index in [0.717, 1.165) is 18.4 Å². The molecule has 9 nitrogen and oxygen atoms in total. The van der Waals surface area contributed by atoms with Crippen LogP contribution in [-0.4, -0.2) is 41.0 Å². The Labute approximate surface area is 169 Å². The molecule has 5 rings (SSSR count). The molecule has 0 unspecified atom stereocenters. The molecule has 0 bridgehead atoms. The lowest BCUT2D eigenvalue weighted by molar-refractivity contribution is 0.0923. The predicted molar refractivity (Wildman–Crippen MR) is 107 cm³/mol. The van der Waals surface area contributed by atoms with Crippen LogP contribution in [-0.2, 0) is 0 Å². The van der Waals surface area contributed by atoms with Crippen molar-refractivity contribution in [2.24, 2.45) is 0 Å². The molecule has 10 heteroatoms. The number of rotatable bonds is 3. The number of imidazole rings is 2. The predicted octanol–water partition coefficient (Wildman–Crippen LogP) is 1.94. The first kappa shape index (κ1) is 17.5. The molecule has 1 aliphatic carbocycles. The van der Waals surface area contributed by atoms with Gasteiger partial charge in [-0.3, -0.25) is 4.79 Å². The fourth-order valence-corrected chi connectivity index (χ4v) is 3.20. The van der Waals surface area contributed by atoms with Crippen LogP contribution in [0.4, 0.5) is 5.69 Å². The maximum absolute atomic E-state index is 12.6. The number of aromatic nitrogens is 6. The molecule has 144 valence electrons. The second-order valence-electron chi connectivity index (χ2n) is 6.96. The van der Waals surface area contributed by atoms with Gasteiger partial charge in [0.1, 0.15) is 5.69 Å². The molecule has 1 aliphatic rings. The number of aromatic amines is 1. The molecule has 0 aromatic carbocycles. The third-order valence-corrected chi connectivity index (χ3v) is 5.17. The molecular weight excluding hydrogens is 392 g/mol. The quantitative estimate of drug-likeness (QED) is 0.446. The number of hydrogen-bond donors (Lipinski definition) is 3. The molecule has 0 radical (unpaired) electrons. The van der Waals surface area contributed by atoms with Gasteiger partial charge in [-0.1, -0.05) is 17.5 Å². The first-order valence-electron chi connectivity index (χ1n) is 8.94. The summed E-state index contributed by atoms with van der Waals surface area (Å²) in [5.41, 5.74) is 8.25. The van der Waals surface area contributed by atoms with E-state index in [0.29, 0.717) is 34.1 Å². The van der Waals surface area contributed by atoms with E-state index in [1.165, 1.54) is 6.20 Å². The van der Waals surface area contributed by atoms with Crippen LogP contribution in [0, 0.1) is 11.8 Å². The average molecular weight is 407 g/mol. The molecule has 4 heterocycles. The van der Waals surface area contributed by atoms with Gasteiger partial charge < -0.3 is 16.0 Å². The molecule has 0 spiro atoms. The summed E-state index contributed by atoms with van der Waals surface area (Å²) in [4.78, 5) is 28.2. The zero-order valence-corrected chi connectivity index (χ0v) is 15.9. The zero-order chi connectivity index (χ0) is 20.0. The van der Waals surface area contributed by atoms with Crippen molar-refractivity contribution < 1.29 is 4.79 Å². The van der Waals surface area contributed by atoms with Crippen LogP contribution in [0.5, 0.6) is 0 Å². The highest BCUT2D eigenvalue weighted by molar-refractivity contribution is 6.33. The minimum atomic E-state index is -0.341. The van der Waals surface area contributed by atoms with Gasteiger partial charge in [-0.05, 0) is 30.9 Å². The molecule has 1 saturated carbocycles. The topological polar surface area (TPSA) is 127 Å². The van der Waals surface area contributed by atoms with Gasteiger partial charge in [0.2, 0.25) is 0 Å². The van der Waals surface area contributed by atoms with Gasteiger partial charge in [-0.15, -0.1) is 0 Å². The number of nitrogens with one attached hydrogen (secondary N) is 2. The fraction of sp³-hybridized carbons (Fsp3) is 0.211. The summed E-state index contributed by atoms with van der Waals surface area (Å²) < 4.78 is 1.55. The van der Waals surface area contributed by atoms with Crippen molar-refractivity contribution in [3.05, 3.63) is 47.3 Å². The third kappa shape index (κ3) is 3.13. The number of hydrogen-bond acceptors (Lipinski definition) is 6. The summed E-state index contributed by atoms with van der Waals surface area (Å²) in [5.74, 6) is 6.15. The smallest absolute Gasteiger partial charge is 0.287 e. The number of nitrogens with two attached hydrogens (primary N) is 1. The lowest BCUT2D eigenvalue weighted by Crippen LogP contribution is -2.37. The largest absolute Gasteiger partial charge is 0.394 e. The number of H-pyrrole nitrogens is 1. The number of nitrogen functional groups attached to an aromatic ring is 1. The Balaban J connectivity index is 1.31.